The minimum absolute atomic E-state index is 0.505. The van der Waals surface area contributed by atoms with E-state index in [1.807, 2.05) is 18.8 Å². The Morgan fingerprint density at radius 1 is 1.53 bits per heavy atom. The number of hydrogen-bond donors (Lipinski definition) is 1. The van der Waals surface area contributed by atoms with Gasteiger partial charge in [0.2, 0.25) is 0 Å². The summed E-state index contributed by atoms with van der Waals surface area (Å²) in [5, 5.41) is 7.84. The first kappa shape index (κ1) is 14.2. The van der Waals surface area contributed by atoms with Crippen molar-refractivity contribution in [2.45, 2.75) is 38.6 Å². The lowest BCUT2D eigenvalue weighted by Crippen LogP contribution is -2.28. The van der Waals surface area contributed by atoms with Crippen LogP contribution in [-0.4, -0.2) is 36.6 Å². The van der Waals surface area contributed by atoms with Gasteiger partial charge in [-0.2, -0.15) is 5.10 Å². The zero-order valence-corrected chi connectivity index (χ0v) is 11.5. The Balaban J connectivity index is 2.51. The third kappa shape index (κ3) is 4.48. The highest BCUT2D eigenvalue weighted by molar-refractivity contribution is 5.11. The molecule has 0 aromatic carbocycles. The molecule has 0 amide bonds. The first-order valence-electron chi connectivity index (χ1n) is 6.39. The van der Waals surface area contributed by atoms with Gasteiger partial charge in [-0.15, -0.1) is 0 Å². The predicted octanol–water partition coefficient (Wildman–Crippen LogP) is 1.54. The number of ether oxygens (including phenoxy) is 1. The number of nitrogens with zero attached hydrogens (tertiary/aromatic N) is 2. The van der Waals surface area contributed by atoms with E-state index >= 15 is 0 Å². The molecule has 0 saturated heterocycles. The molecular formula is C13H25N3O. The van der Waals surface area contributed by atoms with Gasteiger partial charge in [0.25, 0.3) is 0 Å². The Morgan fingerprint density at radius 2 is 2.29 bits per heavy atom. The molecule has 98 valence electrons. The molecule has 1 N–H and O–H groups in total. The molecule has 0 aliphatic rings. The maximum absolute atomic E-state index is 5.09. The van der Waals surface area contributed by atoms with Crippen molar-refractivity contribution in [2.75, 3.05) is 20.8 Å². The van der Waals surface area contributed by atoms with E-state index in [1.165, 1.54) is 11.4 Å². The summed E-state index contributed by atoms with van der Waals surface area (Å²) >= 11 is 0. The van der Waals surface area contributed by atoms with E-state index in [1.54, 1.807) is 7.11 Å². The van der Waals surface area contributed by atoms with Crippen molar-refractivity contribution in [3.8, 4) is 0 Å². The summed E-state index contributed by atoms with van der Waals surface area (Å²) in [7, 11) is 5.80. The molecule has 1 aromatic rings. The normalized spacial score (nSPS) is 12.9. The van der Waals surface area contributed by atoms with Gasteiger partial charge in [0, 0.05) is 38.9 Å². The average molecular weight is 239 g/mol. The molecule has 0 aliphatic carbocycles. The third-order valence-electron chi connectivity index (χ3n) is 3.15. The largest absolute Gasteiger partial charge is 0.385 e. The number of aromatic nitrogens is 2. The van der Waals surface area contributed by atoms with Gasteiger partial charge in [-0.3, -0.25) is 4.68 Å². The number of hydrogen-bond acceptors (Lipinski definition) is 3. The van der Waals surface area contributed by atoms with Crippen molar-refractivity contribution in [2.24, 2.45) is 7.05 Å². The molecule has 1 unspecified atom stereocenters. The molecule has 4 heteroatoms. The van der Waals surface area contributed by atoms with Crippen LogP contribution in [0.3, 0.4) is 0 Å². The first-order valence-corrected chi connectivity index (χ1v) is 6.39. The van der Waals surface area contributed by atoms with Gasteiger partial charge in [0.15, 0.2) is 0 Å². The molecule has 0 radical (unpaired) electrons. The maximum Gasteiger partial charge on any atom is 0.0624 e. The molecule has 17 heavy (non-hydrogen) atoms. The van der Waals surface area contributed by atoms with E-state index in [0.29, 0.717) is 6.04 Å². The molecule has 1 rings (SSSR count). The first-order chi connectivity index (χ1) is 8.21. The number of nitrogens with one attached hydrogen (secondary N) is 1. The molecule has 0 bridgehead atoms. The topological polar surface area (TPSA) is 39.1 Å². The molecule has 4 nitrogen and oxygen atoms in total. The van der Waals surface area contributed by atoms with E-state index in [-0.39, 0.29) is 0 Å². The lowest BCUT2D eigenvalue weighted by atomic mass is 10.1. The summed E-state index contributed by atoms with van der Waals surface area (Å²) in [5.41, 5.74) is 2.48. The van der Waals surface area contributed by atoms with E-state index < -0.39 is 0 Å². The fraction of sp³-hybridized carbons (Fsp3) is 0.769. The second-order valence-corrected chi connectivity index (χ2v) is 4.43. The lowest BCUT2D eigenvalue weighted by molar-refractivity contribution is 0.189. The predicted molar refractivity (Wildman–Crippen MR) is 70.2 cm³/mol. The molecule has 0 fully saturated rings. The second kappa shape index (κ2) is 7.45. The van der Waals surface area contributed by atoms with Crippen LogP contribution in [0.5, 0.6) is 0 Å². The summed E-state index contributed by atoms with van der Waals surface area (Å²) in [6.45, 7) is 2.98. The number of aryl methyl sites for hydroxylation is 2. The van der Waals surface area contributed by atoms with Crippen LogP contribution in [0.4, 0.5) is 0 Å². The highest BCUT2D eigenvalue weighted by Gasteiger charge is 2.11. The van der Waals surface area contributed by atoms with Crippen LogP contribution in [0.1, 0.15) is 31.2 Å². The number of rotatable bonds is 8. The van der Waals surface area contributed by atoms with Crippen molar-refractivity contribution in [1.29, 1.82) is 0 Å². The fourth-order valence-electron chi connectivity index (χ4n) is 2.01. The van der Waals surface area contributed by atoms with Crippen molar-refractivity contribution in [3.05, 3.63) is 17.5 Å². The number of methoxy groups -OCH3 is 1. The summed E-state index contributed by atoms with van der Waals surface area (Å²) in [6, 6.07) is 2.71. The van der Waals surface area contributed by atoms with Gasteiger partial charge in [-0.1, -0.05) is 6.92 Å². The van der Waals surface area contributed by atoms with Crippen LogP contribution in [0, 0.1) is 0 Å². The lowest BCUT2D eigenvalue weighted by Gasteiger charge is -2.15. The quantitative estimate of drug-likeness (QED) is 0.699. The monoisotopic (exact) mass is 239 g/mol. The molecule has 0 aliphatic heterocycles. The number of likely N-dealkylation sites (N-methyl/N-ethyl adjacent to an activating group) is 1. The Bertz CT molecular complexity index is 322. The van der Waals surface area contributed by atoms with E-state index in [2.05, 4.69) is 23.4 Å². The van der Waals surface area contributed by atoms with Crippen LogP contribution in [0.2, 0.25) is 0 Å². The molecule has 0 spiro atoms. The highest BCUT2D eigenvalue weighted by atomic mass is 16.5. The minimum Gasteiger partial charge on any atom is -0.385 e. The molecule has 0 saturated carbocycles. The minimum atomic E-state index is 0.505. The summed E-state index contributed by atoms with van der Waals surface area (Å²) in [4.78, 5) is 0. The van der Waals surface area contributed by atoms with E-state index in [9.17, 15) is 0 Å². The summed E-state index contributed by atoms with van der Waals surface area (Å²) in [5.74, 6) is 0. The standard InChI is InChI=1S/C13H25N3O/c1-5-11-9-13(16(3)15-11)10-12(14-2)7-6-8-17-4/h9,12,14H,5-8,10H2,1-4H3. The van der Waals surface area contributed by atoms with E-state index in [0.717, 1.165) is 32.3 Å². The summed E-state index contributed by atoms with van der Waals surface area (Å²) < 4.78 is 7.09. The summed E-state index contributed by atoms with van der Waals surface area (Å²) in [6.07, 6.45) is 4.27. The van der Waals surface area contributed by atoms with Crippen LogP contribution < -0.4 is 5.32 Å². The SMILES string of the molecule is CCc1cc(CC(CCCOC)NC)n(C)n1. The second-order valence-electron chi connectivity index (χ2n) is 4.43. The van der Waals surface area contributed by atoms with Crippen LogP contribution in [0.15, 0.2) is 6.07 Å². The van der Waals surface area contributed by atoms with Crippen molar-refractivity contribution in [3.63, 3.8) is 0 Å². The molecule has 1 atom stereocenters. The molecule has 1 heterocycles. The average Bonchev–Trinajstić information content (AvgIpc) is 2.69. The third-order valence-corrected chi connectivity index (χ3v) is 3.15. The van der Waals surface area contributed by atoms with Crippen molar-refractivity contribution >= 4 is 0 Å². The Labute approximate surface area is 104 Å². The van der Waals surface area contributed by atoms with Gasteiger partial charge in [-0.05, 0) is 32.4 Å². The van der Waals surface area contributed by atoms with Crippen molar-refractivity contribution in [1.82, 2.24) is 15.1 Å². The Morgan fingerprint density at radius 3 is 2.82 bits per heavy atom. The van der Waals surface area contributed by atoms with Crippen molar-refractivity contribution < 1.29 is 4.74 Å². The highest BCUT2D eigenvalue weighted by Crippen LogP contribution is 2.09. The van der Waals surface area contributed by atoms with Crippen LogP contribution in [0.25, 0.3) is 0 Å². The van der Waals surface area contributed by atoms with Gasteiger partial charge >= 0.3 is 0 Å². The van der Waals surface area contributed by atoms with Crippen LogP contribution >= 0.6 is 0 Å². The smallest absolute Gasteiger partial charge is 0.0624 e. The maximum atomic E-state index is 5.09. The van der Waals surface area contributed by atoms with Gasteiger partial charge in [0.05, 0.1) is 5.69 Å². The zero-order chi connectivity index (χ0) is 12.7. The van der Waals surface area contributed by atoms with E-state index in [4.69, 9.17) is 4.74 Å². The molecule has 1 aromatic heterocycles. The fourth-order valence-corrected chi connectivity index (χ4v) is 2.01. The van der Waals surface area contributed by atoms with Gasteiger partial charge in [-0.25, -0.2) is 0 Å². The molecular weight excluding hydrogens is 214 g/mol. The Kier molecular flexibility index (Phi) is 6.22. The Hall–Kier alpha value is -0.870. The van der Waals surface area contributed by atoms with Gasteiger partial charge < -0.3 is 10.1 Å². The zero-order valence-electron chi connectivity index (χ0n) is 11.5. The van der Waals surface area contributed by atoms with Crippen LogP contribution in [-0.2, 0) is 24.6 Å². The van der Waals surface area contributed by atoms with Gasteiger partial charge in [0.1, 0.15) is 0 Å².